The van der Waals surface area contributed by atoms with Crippen molar-refractivity contribution in [3.05, 3.63) is 33.8 Å². The van der Waals surface area contributed by atoms with Crippen molar-refractivity contribution in [2.75, 3.05) is 6.61 Å². The maximum Gasteiger partial charge on any atom is 0.326 e. The van der Waals surface area contributed by atoms with E-state index in [1.807, 2.05) is 13.0 Å². The number of hydrogen-bond acceptors (Lipinski definition) is 3. The molecule has 0 radical (unpaired) electrons. The molecular formula is C12H14BrNO4. The molecule has 1 aromatic rings. The summed E-state index contributed by atoms with van der Waals surface area (Å²) < 4.78 is 0.596. The fourth-order valence-corrected chi connectivity index (χ4v) is 1.86. The molecule has 5 nitrogen and oxygen atoms in total. The van der Waals surface area contributed by atoms with Gasteiger partial charge in [0.1, 0.15) is 6.04 Å². The Hall–Kier alpha value is -1.40. The van der Waals surface area contributed by atoms with Gasteiger partial charge in [0.15, 0.2) is 0 Å². The van der Waals surface area contributed by atoms with Gasteiger partial charge < -0.3 is 15.5 Å². The lowest BCUT2D eigenvalue weighted by molar-refractivity contribution is -0.139. The number of amides is 1. The van der Waals surface area contributed by atoms with Gasteiger partial charge in [-0.05, 0) is 35.0 Å². The zero-order valence-corrected chi connectivity index (χ0v) is 11.4. The van der Waals surface area contributed by atoms with E-state index in [2.05, 4.69) is 21.2 Å². The number of aliphatic carboxylic acids is 1. The van der Waals surface area contributed by atoms with Gasteiger partial charge in [-0.1, -0.05) is 11.6 Å². The van der Waals surface area contributed by atoms with Crippen LogP contribution in [0.25, 0.3) is 0 Å². The number of carboxylic acids is 1. The molecule has 0 saturated carbocycles. The molecule has 0 aliphatic heterocycles. The predicted octanol–water partition coefficient (Wildman–Crippen LogP) is 1.32. The van der Waals surface area contributed by atoms with Gasteiger partial charge in [0, 0.05) is 17.5 Å². The highest BCUT2D eigenvalue weighted by atomic mass is 79.9. The van der Waals surface area contributed by atoms with Crippen molar-refractivity contribution in [2.24, 2.45) is 0 Å². The molecule has 98 valence electrons. The highest BCUT2D eigenvalue weighted by molar-refractivity contribution is 9.10. The first kappa shape index (κ1) is 14.7. The first-order chi connectivity index (χ1) is 8.45. The van der Waals surface area contributed by atoms with Gasteiger partial charge >= 0.3 is 5.97 Å². The first-order valence-electron chi connectivity index (χ1n) is 5.36. The second kappa shape index (κ2) is 6.51. The van der Waals surface area contributed by atoms with Crippen LogP contribution in [0.3, 0.4) is 0 Å². The summed E-state index contributed by atoms with van der Waals surface area (Å²) in [7, 11) is 0. The number of aryl methyl sites for hydroxylation is 1. The van der Waals surface area contributed by atoms with Gasteiger partial charge in [0.05, 0.1) is 5.56 Å². The van der Waals surface area contributed by atoms with Crippen LogP contribution in [-0.4, -0.2) is 34.7 Å². The molecule has 1 atom stereocenters. The average Bonchev–Trinajstić information content (AvgIpc) is 2.31. The number of halogens is 1. The number of benzene rings is 1. The van der Waals surface area contributed by atoms with E-state index in [0.717, 1.165) is 5.56 Å². The number of carbonyl (C=O) groups is 2. The zero-order valence-electron chi connectivity index (χ0n) is 9.81. The van der Waals surface area contributed by atoms with E-state index in [1.54, 1.807) is 12.1 Å². The monoisotopic (exact) mass is 315 g/mol. The third-order valence-electron chi connectivity index (χ3n) is 2.39. The zero-order chi connectivity index (χ0) is 13.7. The fraction of sp³-hybridized carbons (Fsp3) is 0.333. The summed E-state index contributed by atoms with van der Waals surface area (Å²) in [5, 5.41) is 20.0. The lowest BCUT2D eigenvalue weighted by Gasteiger charge is -2.14. The highest BCUT2D eigenvalue weighted by Gasteiger charge is 2.21. The molecule has 0 fully saturated rings. The molecule has 0 spiro atoms. The summed E-state index contributed by atoms with van der Waals surface area (Å²) >= 11 is 3.24. The Bertz CT molecular complexity index is 461. The van der Waals surface area contributed by atoms with Crippen LogP contribution >= 0.6 is 15.9 Å². The van der Waals surface area contributed by atoms with E-state index >= 15 is 0 Å². The molecule has 3 N–H and O–H groups in total. The maximum absolute atomic E-state index is 11.9. The second-order valence-corrected chi connectivity index (χ2v) is 4.71. The highest BCUT2D eigenvalue weighted by Crippen LogP contribution is 2.18. The third kappa shape index (κ3) is 3.82. The Morgan fingerprint density at radius 3 is 2.67 bits per heavy atom. The Labute approximate surface area is 113 Å². The largest absolute Gasteiger partial charge is 0.480 e. The summed E-state index contributed by atoms with van der Waals surface area (Å²) in [5.74, 6) is -1.65. The van der Waals surface area contributed by atoms with Crippen LogP contribution in [0.15, 0.2) is 22.7 Å². The average molecular weight is 316 g/mol. The third-order valence-corrected chi connectivity index (χ3v) is 3.08. The number of carboxylic acid groups (broad SMARTS) is 1. The van der Waals surface area contributed by atoms with Crippen LogP contribution in [0.4, 0.5) is 0 Å². The van der Waals surface area contributed by atoms with Gasteiger partial charge in [0.2, 0.25) is 0 Å². The molecule has 1 amide bonds. The number of hydrogen-bond donors (Lipinski definition) is 3. The minimum atomic E-state index is -1.17. The van der Waals surface area contributed by atoms with Crippen molar-refractivity contribution in [1.29, 1.82) is 0 Å². The topological polar surface area (TPSA) is 86.6 Å². The fourth-order valence-electron chi connectivity index (χ4n) is 1.44. The summed E-state index contributed by atoms with van der Waals surface area (Å²) in [6, 6.07) is 4.14. The Morgan fingerprint density at radius 2 is 2.11 bits per heavy atom. The predicted molar refractivity (Wildman–Crippen MR) is 69.5 cm³/mol. The van der Waals surface area contributed by atoms with Gasteiger partial charge in [0.25, 0.3) is 5.91 Å². The van der Waals surface area contributed by atoms with Crippen LogP contribution in [0.2, 0.25) is 0 Å². The van der Waals surface area contributed by atoms with Crippen LogP contribution in [-0.2, 0) is 4.79 Å². The van der Waals surface area contributed by atoms with E-state index in [4.69, 9.17) is 10.2 Å². The lowest BCUT2D eigenvalue weighted by Crippen LogP contribution is -2.41. The van der Waals surface area contributed by atoms with Gasteiger partial charge in [-0.3, -0.25) is 4.79 Å². The smallest absolute Gasteiger partial charge is 0.326 e. The van der Waals surface area contributed by atoms with Crippen molar-refractivity contribution in [1.82, 2.24) is 5.32 Å². The number of aliphatic hydroxyl groups is 1. The standard InChI is InChI=1S/C12H14BrNO4/c1-7-2-3-9(13)8(6-7)11(16)14-10(4-5-15)12(17)18/h2-3,6,10,15H,4-5H2,1H3,(H,14,16)(H,17,18)/t10-/m1/s1. The minimum absolute atomic E-state index is 0.0233. The number of rotatable bonds is 5. The Morgan fingerprint density at radius 1 is 1.44 bits per heavy atom. The molecule has 6 heteroatoms. The van der Waals surface area contributed by atoms with Crippen LogP contribution in [0, 0.1) is 6.92 Å². The van der Waals surface area contributed by atoms with Crippen molar-refractivity contribution >= 4 is 27.8 Å². The quantitative estimate of drug-likeness (QED) is 0.765. The summed E-state index contributed by atoms with van der Waals surface area (Å²) in [5.41, 5.74) is 1.27. The van der Waals surface area contributed by atoms with Gasteiger partial charge in [-0.15, -0.1) is 0 Å². The van der Waals surface area contributed by atoms with E-state index in [1.165, 1.54) is 0 Å². The normalized spacial score (nSPS) is 11.9. The van der Waals surface area contributed by atoms with Crippen LogP contribution in [0.5, 0.6) is 0 Å². The summed E-state index contributed by atoms with van der Waals surface area (Å²) in [6.07, 6.45) is -0.0233. The lowest BCUT2D eigenvalue weighted by atomic mass is 10.1. The summed E-state index contributed by atoms with van der Waals surface area (Å²) in [6.45, 7) is 1.54. The Kier molecular flexibility index (Phi) is 5.30. The van der Waals surface area contributed by atoms with Crippen molar-refractivity contribution in [3.63, 3.8) is 0 Å². The molecule has 0 aromatic heterocycles. The summed E-state index contributed by atoms with van der Waals surface area (Å²) in [4.78, 5) is 22.8. The molecule has 0 aliphatic carbocycles. The first-order valence-corrected chi connectivity index (χ1v) is 6.15. The molecule has 1 rings (SSSR count). The number of carbonyl (C=O) groups excluding carboxylic acids is 1. The van der Waals surface area contributed by atoms with Crippen LogP contribution < -0.4 is 5.32 Å². The van der Waals surface area contributed by atoms with Crippen molar-refractivity contribution < 1.29 is 19.8 Å². The maximum atomic E-state index is 11.9. The van der Waals surface area contributed by atoms with E-state index in [0.29, 0.717) is 10.0 Å². The molecule has 0 bridgehead atoms. The minimum Gasteiger partial charge on any atom is -0.480 e. The SMILES string of the molecule is Cc1ccc(Br)c(C(=O)N[C@H](CCO)C(=O)O)c1. The molecular weight excluding hydrogens is 302 g/mol. The van der Waals surface area contributed by atoms with Gasteiger partial charge in [-0.25, -0.2) is 4.79 Å². The second-order valence-electron chi connectivity index (χ2n) is 3.86. The molecule has 0 aliphatic rings. The molecule has 0 heterocycles. The van der Waals surface area contributed by atoms with E-state index < -0.39 is 17.9 Å². The van der Waals surface area contributed by atoms with Crippen molar-refractivity contribution in [2.45, 2.75) is 19.4 Å². The molecule has 18 heavy (non-hydrogen) atoms. The number of aliphatic hydroxyl groups excluding tert-OH is 1. The number of nitrogens with one attached hydrogen (secondary N) is 1. The molecule has 0 unspecified atom stereocenters. The van der Waals surface area contributed by atoms with Crippen LogP contribution in [0.1, 0.15) is 22.3 Å². The van der Waals surface area contributed by atoms with E-state index in [-0.39, 0.29) is 13.0 Å². The molecule has 1 aromatic carbocycles. The Balaban J connectivity index is 2.86. The van der Waals surface area contributed by atoms with Crippen molar-refractivity contribution in [3.8, 4) is 0 Å². The molecule has 0 saturated heterocycles. The van der Waals surface area contributed by atoms with E-state index in [9.17, 15) is 9.59 Å². The van der Waals surface area contributed by atoms with Gasteiger partial charge in [-0.2, -0.15) is 0 Å².